The molecule has 0 bridgehead atoms. The summed E-state index contributed by atoms with van der Waals surface area (Å²) < 4.78 is 0. The molecule has 0 N–H and O–H groups in total. The molecule has 0 heterocycles. The number of allylic oxidation sites excluding steroid dienone is 14. The molecule has 0 nitrogen and oxygen atoms in total. The molecule has 0 atom stereocenters. The molecule has 0 rings (SSSR count). The molecule has 0 radical (unpaired) electrons. The van der Waals surface area contributed by atoms with Crippen molar-refractivity contribution in [2.24, 2.45) is 5.92 Å². The maximum absolute atomic E-state index is 3.56. The van der Waals surface area contributed by atoms with Crippen LogP contribution in [0.25, 0.3) is 0 Å². The topological polar surface area (TPSA) is 0 Å². The quantitative estimate of drug-likeness (QED) is 0.197. The van der Waals surface area contributed by atoms with E-state index in [1.54, 1.807) is 0 Å². The Hall–Kier alpha value is -0.444. The molecule has 0 spiro atoms. The van der Waals surface area contributed by atoms with Gasteiger partial charge >= 0.3 is 51.4 Å². The second-order valence-electron chi connectivity index (χ2n) is 6.01. The van der Waals surface area contributed by atoms with Crippen LogP contribution in [-0.2, 0) is 0 Å². The zero-order valence-electron chi connectivity index (χ0n) is 23.9. The van der Waals surface area contributed by atoms with Gasteiger partial charge in [0.25, 0.3) is 0 Å². The van der Waals surface area contributed by atoms with Crippen LogP contribution in [0.2, 0.25) is 0 Å². The first kappa shape index (κ1) is 44.3. The Bertz CT molecular complexity index is 377. The van der Waals surface area contributed by atoms with Gasteiger partial charge in [0.2, 0.25) is 0 Å². The molecule has 176 valence electrons. The molecule has 0 aromatic carbocycles. The van der Waals surface area contributed by atoms with Gasteiger partial charge < -0.3 is 1.43 Å². The van der Waals surface area contributed by atoms with Gasteiger partial charge in [0.15, 0.2) is 0 Å². The minimum absolute atomic E-state index is 0. The minimum atomic E-state index is 0. The van der Waals surface area contributed by atoms with Crippen molar-refractivity contribution in [1.82, 2.24) is 0 Å². The van der Waals surface area contributed by atoms with Crippen molar-refractivity contribution < 1.29 is 52.8 Å². The van der Waals surface area contributed by atoms with E-state index in [0.717, 1.165) is 0 Å². The van der Waals surface area contributed by atoms with Gasteiger partial charge in [-0.2, -0.15) is 0 Å². The fourth-order valence-electron chi connectivity index (χ4n) is 1.21. The van der Waals surface area contributed by atoms with E-state index in [4.69, 9.17) is 0 Å². The van der Waals surface area contributed by atoms with Crippen molar-refractivity contribution in [3.8, 4) is 0 Å². The molecule has 0 aromatic heterocycles. The molecular formula is C30H55K. The van der Waals surface area contributed by atoms with Crippen LogP contribution in [0.3, 0.4) is 0 Å². The molecule has 1 heteroatoms. The third kappa shape index (κ3) is 92.7. The molecule has 0 aromatic rings. The molecule has 0 unspecified atom stereocenters. The molecule has 0 aliphatic carbocycles. The first-order chi connectivity index (χ1) is 14.5. The average Bonchev–Trinajstić information content (AvgIpc) is 2.79. The molecule has 0 amide bonds. The molecule has 0 saturated carbocycles. The van der Waals surface area contributed by atoms with E-state index in [0.29, 0.717) is 5.92 Å². The maximum Gasteiger partial charge on any atom is 1.00 e. The van der Waals surface area contributed by atoms with E-state index in [-0.39, 0.29) is 52.8 Å². The van der Waals surface area contributed by atoms with Gasteiger partial charge in [-0.15, -0.1) is 13.2 Å². The first-order valence-corrected chi connectivity index (χ1v) is 11.5. The van der Waals surface area contributed by atoms with Crippen molar-refractivity contribution in [2.45, 2.75) is 88.0 Å². The fraction of sp³-hybridized carbons (Fsp3) is 0.467. The second kappa shape index (κ2) is 57.0. The average molecular weight is 455 g/mol. The third-order valence-electron chi connectivity index (χ3n) is 3.01. The summed E-state index contributed by atoms with van der Waals surface area (Å²) in [7, 11) is 0. The zero-order valence-corrected chi connectivity index (χ0v) is 26.0. The standard InChI is InChI=1S/C6H10.2C6H12.2C6H10.K.H/c1-4-6(3)5-2;4*1-3-5-6-4-2;;/h4-6H,1-2H2,3H3;2*5-6H,3-4H2,1-2H3;2*3-6H,1-2H3;;/q;;;;;+1;-1/b;6-5+;6-5-;2*5-3+,6-4+;;. The Kier molecular flexibility index (Phi) is 81.4. The molecule has 0 saturated heterocycles. The predicted molar refractivity (Wildman–Crippen MR) is 149 cm³/mol. The van der Waals surface area contributed by atoms with Crippen LogP contribution in [0.5, 0.6) is 0 Å². The summed E-state index contributed by atoms with van der Waals surface area (Å²) in [6.07, 6.45) is 33.1. The van der Waals surface area contributed by atoms with Gasteiger partial charge in [-0.1, -0.05) is 120 Å². The summed E-state index contributed by atoms with van der Waals surface area (Å²) in [6.45, 7) is 25.7. The number of rotatable bonds is 8. The smallest absolute Gasteiger partial charge is 1.00 e. The summed E-state index contributed by atoms with van der Waals surface area (Å²) in [5.41, 5.74) is 0. The predicted octanol–water partition coefficient (Wildman–Crippen LogP) is 8.11. The molecular weight excluding hydrogens is 399 g/mol. The Morgan fingerprint density at radius 2 is 0.742 bits per heavy atom. The Labute approximate surface area is 242 Å². The van der Waals surface area contributed by atoms with Crippen LogP contribution in [0, 0.1) is 5.92 Å². The van der Waals surface area contributed by atoms with Crippen molar-refractivity contribution in [3.63, 3.8) is 0 Å². The summed E-state index contributed by atoms with van der Waals surface area (Å²) in [5, 5.41) is 0. The van der Waals surface area contributed by atoms with Crippen LogP contribution in [0.15, 0.2) is 98.2 Å². The SMILES string of the molecule is C/C=C/C=C/C.C/C=C/C=C/C.C=CC(C)C=C.CC/C=C/CC.CC/C=C\CC.[H-].[K+]. The van der Waals surface area contributed by atoms with E-state index in [1.807, 2.05) is 95.4 Å². The monoisotopic (exact) mass is 454 g/mol. The fourth-order valence-corrected chi connectivity index (χ4v) is 1.21. The summed E-state index contributed by atoms with van der Waals surface area (Å²) in [5.74, 6) is 0.463. The summed E-state index contributed by atoms with van der Waals surface area (Å²) in [6, 6.07) is 0. The minimum Gasteiger partial charge on any atom is -1.00 e. The second-order valence-corrected chi connectivity index (χ2v) is 6.01. The van der Waals surface area contributed by atoms with Crippen LogP contribution >= 0.6 is 0 Å². The molecule has 0 aliphatic rings. The maximum atomic E-state index is 3.56. The number of hydrogen-bond acceptors (Lipinski definition) is 0. The van der Waals surface area contributed by atoms with Crippen LogP contribution in [0.4, 0.5) is 0 Å². The Morgan fingerprint density at radius 3 is 0.806 bits per heavy atom. The van der Waals surface area contributed by atoms with Gasteiger partial charge in [-0.05, 0) is 59.3 Å². The van der Waals surface area contributed by atoms with Gasteiger partial charge in [-0.25, -0.2) is 0 Å². The first-order valence-electron chi connectivity index (χ1n) is 11.5. The van der Waals surface area contributed by atoms with E-state index >= 15 is 0 Å². The Balaban J connectivity index is -0.0000000481. The van der Waals surface area contributed by atoms with Crippen LogP contribution in [0.1, 0.15) is 89.4 Å². The van der Waals surface area contributed by atoms with E-state index in [9.17, 15) is 0 Å². The van der Waals surface area contributed by atoms with Crippen LogP contribution < -0.4 is 51.4 Å². The molecule has 0 aliphatic heterocycles. The van der Waals surface area contributed by atoms with Crippen molar-refractivity contribution in [3.05, 3.63) is 98.2 Å². The van der Waals surface area contributed by atoms with Crippen molar-refractivity contribution in [1.29, 1.82) is 0 Å². The van der Waals surface area contributed by atoms with E-state index in [2.05, 4.69) is 65.2 Å². The van der Waals surface area contributed by atoms with Crippen molar-refractivity contribution >= 4 is 0 Å². The summed E-state index contributed by atoms with van der Waals surface area (Å²) in [4.78, 5) is 0. The molecule has 31 heavy (non-hydrogen) atoms. The summed E-state index contributed by atoms with van der Waals surface area (Å²) >= 11 is 0. The zero-order chi connectivity index (χ0) is 24.3. The molecule has 0 fully saturated rings. The largest absolute Gasteiger partial charge is 1.00 e. The van der Waals surface area contributed by atoms with E-state index < -0.39 is 0 Å². The van der Waals surface area contributed by atoms with Gasteiger partial charge in [0.1, 0.15) is 0 Å². The normalized spacial score (nSPS) is 10.1. The number of hydrogen-bond donors (Lipinski definition) is 0. The Morgan fingerprint density at radius 1 is 0.548 bits per heavy atom. The van der Waals surface area contributed by atoms with Gasteiger partial charge in [0, 0.05) is 0 Å². The van der Waals surface area contributed by atoms with Gasteiger partial charge in [0.05, 0.1) is 0 Å². The third-order valence-corrected chi connectivity index (χ3v) is 3.01. The van der Waals surface area contributed by atoms with Crippen molar-refractivity contribution in [2.75, 3.05) is 0 Å². The van der Waals surface area contributed by atoms with Crippen LogP contribution in [-0.4, -0.2) is 0 Å². The van der Waals surface area contributed by atoms with Gasteiger partial charge in [-0.3, -0.25) is 0 Å². The van der Waals surface area contributed by atoms with E-state index in [1.165, 1.54) is 25.7 Å².